The van der Waals surface area contributed by atoms with Gasteiger partial charge in [-0.15, -0.1) is 10.2 Å². The van der Waals surface area contributed by atoms with E-state index in [1.165, 1.54) is 25.9 Å². The van der Waals surface area contributed by atoms with Crippen molar-refractivity contribution in [3.05, 3.63) is 40.4 Å². The van der Waals surface area contributed by atoms with Crippen LogP contribution in [0.15, 0.2) is 30.3 Å². The predicted molar refractivity (Wildman–Crippen MR) is 91.1 cm³/mol. The first kappa shape index (κ1) is 15.2. The number of fused-ring (bicyclic) bond motifs is 3. The van der Waals surface area contributed by atoms with Gasteiger partial charge < -0.3 is 4.74 Å². The number of ether oxygens (including phenoxy) is 1. The average Bonchev–Trinajstić information content (AvgIpc) is 2.56. The van der Waals surface area contributed by atoms with Gasteiger partial charge in [0.1, 0.15) is 6.10 Å². The van der Waals surface area contributed by atoms with E-state index in [-0.39, 0.29) is 6.10 Å². The van der Waals surface area contributed by atoms with E-state index >= 15 is 0 Å². The zero-order chi connectivity index (χ0) is 15.8. The van der Waals surface area contributed by atoms with Gasteiger partial charge in [-0.2, -0.15) is 0 Å². The highest BCUT2D eigenvalue weighted by Gasteiger charge is 2.35. The zero-order valence-electron chi connectivity index (χ0n) is 12.6. The number of piperidine rings is 3. The van der Waals surface area contributed by atoms with Gasteiger partial charge in [0.15, 0.2) is 0 Å². The lowest BCUT2D eigenvalue weighted by molar-refractivity contribution is -0.0103. The summed E-state index contributed by atoms with van der Waals surface area (Å²) in [5.74, 6) is 1.23. The fourth-order valence-corrected chi connectivity index (χ4v) is 3.96. The highest BCUT2D eigenvalue weighted by molar-refractivity contribution is 6.35. The number of halogens is 2. The minimum Gasteiger partial charge on any atom is -0.472 e. The summed E-state index contributed by atoms with van der Waals surface area (Å²) < 4.78 is 6.06. The van der Waals surface area contributed by atoms with Gasteiger partial charge in [-0.1, -0.05) is 23.2 Å². The largest absolute Gasteiger partial charge is 0.472 e. The highest BCUT2D eigenvalue weighted by Crippen LogP contribution is 2.31. The van der Waals surface area contributed by atoms with Gasteiger partial charge in [0.05, 0.1) is 5.69 Å². The average molecular weight is 350 g/mol. The van der Waals surface area contributed by atoms with E-state index in [0.717, 1.165) is 17.8 Å². The number of rotatable bonds is 3. The van der Waals surface area contributed by atoms with E-state index in [9.17, 15) is 0 Å². The number of aromatic nitrogens is 2. The molecule has 3 aliphatic rings. The summed E-state index contributed by atoms with van der Waals surface area (Å²) in [6.45, 7) is 3.40. The standard InChI is InChI=1S/C17H17Cl2N3O/c18-13-7-12(8-14(19)9-13)15-1-2-17(21-20-15)23-16-10-22-5-3-11(16)4-6-22/h1-2,7-9,11,16H,3-6,10H2/t16-/m0/s1. The summed E-state index contributed by atoms with van der Waals surface area (Å²) in [5, 5.41) is 9.64. The maximum Gasteiger partial charge on any atom is 0.233 e. The minimum atomic E-state index is 0.235. The topological polar surface area (TPSA) is 38.2 Å². The summed E-state index contributed by atoms with van der Waals surface area (Å²) >= 11 is 12.1. The van der Waals surface area contributed by atoms with Gasteiger partial charge in [0.2, 0.25) is 5.88 Å². The van der Waals surface area contributed by atoms with Crippen LogP contribution in [0.25, 0.3) is 11.3 Å². The number of hydrogen-bond donors (Lipinski definition) is 0. The van der Waals surface area contributed by atoms with Crippen LogP contribution in [0.2, 0.25) is 10.0 Å². The van der Waals surface area contributed by atoms with E-state index in [4.69, 9.17) is 27.9 Å². The molecule has 0 spiro atoms. The summed E-state index contributed by atoms with van der Waals surface area (Å²) in [7, 11) is 0. The third kappa shape index (κ3) is 3.30. The molecular formula is C17H17Cl2N3O. The van der Waals surface area contributed by atoms with Crippen molar-refractivity contribution in [1.82, 2.24) is 15.1 Å². The molecule has 4 heterocycles. The molecule has 0 aliphatic carbocycles. The molecule has 5 rings (SSSR count). The molecule has 3 saturated heterocycles. The first-order valence-electron chi connectivity index (χ1n) is 7.86. The van der Waals surface area contributed by atoms with Crippen LogP contribution < -0.4 is 4.74 Å². The second kappa shape index (κ2) is 6.27. The maximum atomic E-state index is 6.06. The van der Waals surface area contributed by atoms with Crippen LogP contribution in [0.1, 0.15) is 12.8 Å². The van der Waals surface area contributed by atoms with Crippen molar-refractivity contribution in [2.24, 2.45) is 5.92 Å². The predicted octanol–water partition coefficient (Wildman–Crippen LogP) is 3.92. The Morgan fingerprint density at radius 1 is 1.00 bits per heavy atom. The Hall–Kier alpha value is -1.36. The molecule has 120 valence electrons. The monoisotopic (exact) mass is 349 g/mol. The fourth-order valence-electron chi connectivity index (χ4n) is 3.44. The third-order valence-electron chi connectivity index (χ3n) is 4.67. The number of nitrogens with zero attached hydrogens (tertiary/aromatic N) is 3. The molecule has 1 aromatic carbocycles. The molecule has 3 aliphatic heterocycles. The Kier molecular flexibility index (Phi) is 4.14. The van der Waals surface area contributed by atoms with Gasteiger partial charge in [-0.25, -0.2) is 0 Å². The van der Waals surface area contributed by atoms with Crippen LogP contribution in [0.4, 0.5) is 0 Å². The molecule has 23 heavy (non-hydrogen) atoms. The van der Waals surface area contributed by atoms with Crippen molar-refractivity contribution in [3.63, 3.8) is 0 Å². The Labute approximate surface area is 145 Å². The van der Waals surface area contributed by atoms with Crippen molar-refractivity contribution in [1.29, 1.82) is 0 Å². The fraction of sp³-hybridized carbons (Fsp3) is 0.412. The molecule has 2 bridgehead atoms. The van der Waals surface area contributed by atoms with Crippen LogP contribution in [0.5, 0.6) is 5.88 Å². The molecule has 3 fully saturated rings. The lowest BCUT2D eigenvalue weighted by atomic mass is 9.86. The second-order valence-corrected chi connectivity index (χ2v) is 7.08. The van der Waals surface area contributed by atoms with Gasteiger partial charge in [-0.3, -0.25) is 4.90 Å². The van der Waals surface area contributed by atoms with E-state index in [1.54, 1.807) is 6.07 Å². The van der Waals surface area contributed by atoms with Crippen LogP contribution in [-0.2, 0) is 0 Å². The van der Waals surface area contributed by atoms with Gasteiger partial charge in [-0.05, 0) is 56.1 Å². The molecule has 0 radical (unpaired) electrons. The molecule has 0 N–H and O–H groups in total. The lowest BCUT2D eigenvalue weighted by Gasteiger charge is -2.44. The third-order valence-corrected chi connectivity index (χ3v) is 5.10. The van der Waals surface area contributed by atoms with Crippen LogP contribution in [-0.4, -0.2) is 40.8 Å². The summed E-state index contributed by atoms with van der Waals surface area (Å²) in [6, 6.07) is 9.11. The molecule has 2 aromatic rings. The molecule has 1 atom stereocenters. The SMILES string of the molecule is Clc1cc(Cl)cc(-c2ccc(O[C@H]3CN4CCC3CC4)nn2)c1. The number of benzene rings is 1. The highest BCUT2D eigenvalue weighted by atomic mass is 35.5. The molecule has 4 nitrogen and oxygen atoms in total. The summed E-state index contributed by atoms with van der Waals surface area (Å²) in [6.07, 6.45) is 2.67. The zero-order valence-corrected chi connectivity index (χ0v) is 14.1. The van der Waals surface area contributed by atoms with Crippen molar-refractivity contribution in [3.8, 4) is 17.1 Å². The molecule has 0 amide bonds. The van der Waals surface area contributed by atoms with Crippen LogP contribution >= 0.6 is 23.2 Å². The molecule has 6 heteroatoms. The van der Waals surface area contributed by atoms with Crippen LogP contribution in [0, 0.1) is 5.92 Å². The Bertz CT molecular complexity index is 679. The van der Waals surface area contributed by atoms with E-state index in [2.05, 4.69) is 15.1 Å². The lowest BCUT2D eigenvalue weighted by Crippen LogP contribution is -2.52. The minimum absolute atomic E-state index is 0.235. The normalized spacial score (nSPS) is 26.3. The van der Waals surface area contributed by atoms with Gasteiger partial charge >= 0.3 is 0 Å². The van der Waals surface area contributed by atoms with Crippen molar-refractivity contribution >= 4 is 23.2 Å². The smallest absolute Gasteiger partial charge is 0.233 e. The Morgan fingerprint density at radius 3 is 2.30 bits per heavy atom. The van der Waals surface area contributed by atoms with Crippen molar-refractivity contribution < 1.29 is 4.74 Å². The molecule has 0 unspecified atom stereocenters. The first-order chi connectivity index (χ1) is 11.2. The maximum absolute atomic E-state index is 6.06. The van der Waals surface area contributed by atoms with Crippen molar-refractivity contribution in [2.75, 3.05) is 19.6 Å². The van der Waals surface area contributed by atoms with Crippen LogP contribution in [0.3, 0.4) is 0 Å². The van der Waals surface area contributed by atoms with E-state index in [0.29, 0.717) is 21.8 Å². The van der Waals surface area contributed by atoms with Gasteiger partial charge in [0.25, 0.3) is 0 Å². The quantitative estimate of drug-likeness (QED) is 0.841. The Morgan fingerprint density at radius 2 is 1.74 bits per heavy atom. The Balaban J connectivity index is 1.49. The first-order valence-corrected chi connectivity index (χ1v) is 8.62. The second-order valence-electron chi connectivity index (χ2n) is 6.21. The van der Waals surface area contributed by atoms with Crippen molar-refractivity contribution in [2.45, 2.75) is 18.9 Å². The molecule has 0 saturated carbocycles. The summed E-state index contributed by atoms with van der Waals surface area (Å²) in [5.41, 5.74) is 1.58. The number of hydrogen-bond acceptors (Lipinski definition) is 4. The molecule has 1 aromatic heterocycles. The summed E-state index contributed by atoms with van der Waals surface area (Å²) in [4.78, 5) is 2.46. The molecular weight excluding hydrogens is 333 g/mol. The van der Waals surface area contributed by atoms with E-state index in [1.807, 2.05) is 24.3 Å². The van der Waals surface area contributed by atoms with E-state index < -0.39 is 0 Å². The van der Waals surface area contributed by atoms with Gasteiger partial charge in [0, 0.05) is 28.2 Å².